The number of halogens is 3. The van der Waals surface area contributed by atoms with Gasteiger partial charge in [0.25, 0.3) is 0 Å². The maximum Gasteiger partial charge on any atom is 0.490 e. The normalized spacial score (nSPS) is 10.9. The summed E-state index contributed by atoms with van der Waals surface area (Å²) < 4.78 is 37.5. The molecule has 6 nitrogen and oxygen atoms in total. The second kappa shape index (κ2) is 11.3. The molecule has 0 bridgehead atoms. The van der Waals surface area contributed by atoms with E-state index in [1.165, 1.54) is 0 Å². The first-order chi connectivity index (χ1) is 14.3. The molecule has 0 aliphatic carbocycles. The molecule has 0 saturated carbocycles. The fourth-order valence-electron chi connectivity index (χ4n) is 2.09. The van der Waals surface area contributed by atoms with Crippen molar-refractivity contribution < 1.29 is 27.8 Å². The summed E-state index contributed by atoms with van der Waals surface area (Å²) >= 11 is 0. The van der Waals surface area contributed by atoms with E-state index < -0.39 is 12.1 Å². The molecular weight excluding hydrogens is 399 g/mol. The lowest BCUT2D eigenvalue weighted by Crippen LogP contribution is -2.21. The van der Waals surface area contributed by atoms with Gasteiger partial charge in [-0.15, -0.1) is 0 Å². The SMILES string of the molecule is C(=Cc1cncc(OCCc2ccccn2)c1)c1ccncc1.O=C(O)C(F)(F)F. The largest absolute Gasteiger partial charge is 0.492 e. The van der Waals surface area contributed by atoms with E-state index in [2.05, 4.69) is 15.0 Å². The molecule has 1 N–H and O–H groups in total. The van der Waals surface area contributed by atoms with Gasteiger partial charge in [0, 0.05) is 36.9 Å². The first-order valence-electron chi connectivity index (χ1n) is 8.70. The van der Waals surface area contributed by atoms with Crippen molar-refractivity contribution in [2.24, 2.45) is 0 Å². The van der Waals surface area contributed by atoms with Gasteiger partial charge in [-0.1, -0.05) is 18.2 Å². The molecule has 0 saturated heterocycles. The van der Waals surface area contributed by atoms with Crippen LogP contribution in [0.25, 0.3) is 12.2 Å². The lowest BCUT2D eigenvalue weighted by atomic mass is 10.2. The molecule has 0 unspecified atom stereocenters. The average Bonchev–Trinajstić information content (AvgIpc) is 2.74. The van der Waals surface area contributed by atoms with Gasteiger partial charge in [-0.3, -0.25) is 15.0 Å². The summed E-state index contributed by atoms with van der Waals surface area (Å²) in [4.78, 5) is 21.4. The third-order valence-corrected chi connectivity index (χ3v) is 3.50. The maximum absolute atomic E-state index is 10.6. The number of carboxylic acids is 1. The molecule has 3 aromatic heterocycles. The molecule has 156 valence electrons. The van der Waals surface area contributed by atoms with Gasteiger partial charge in [-0.25, -0.2) is 4.79 Å². The van der Waals surface area contributed by atoms with Gasteiger partial charge in [-0.2, -0.15) is 13.2 Å². The highest BCUT2D eigenvalue weighted by Crippen LogP contribution is 2.14. The molecular formula is C21H18F3N3O3. The van der Waals surface area contributed by atoms with Crippen molar-refractivity contribution in [1.29, 1.82) is 0 Å². The minimum atomic E-state index is -5.08. The van der Waals surface area contributed by atoms with Crippen LogP contribution in [0, 0.1) is 0 Å². The quantitative estimate of drug-likeness (QED) is 0.644. The van der Waals surface area contributed by atoms with Crippen LogP contribution >= 0.6 is 0 Å². The second-order valence-corrected chi connectivity index (χ2v) is 5.79. The fraction of sp³-hybridized carbons (Fsp3) is 0.143. The highest BCUT2D eigenvalue weighted by molar-refractivity contribution is 5.73. The molecule has 3 heterocycles. The van der Waals surface area contributed by atoms with E-state index in [9.17, 15) is 13.2 Å². The Balaban J connectivity index is 0.000000396. The standard InChI is InChI=1S/C19H17N3O.C2HF3O2/c1-2-9-22-18(3-1)8-12-23-19-13-17(14-21-15-19)5-4-16-6-10-20-11-7-16;3-2(4,5)1(6)7/h1-7,9-11,13-15H,8,12H2;(H,6,7). The van der Waals surface area contributed by atoms with E-state index >= 15 is 0 Å². The minimum Gasteiger partial charge on any atom is -0.492 e. The molecule has 0 radical (unpaired) electrons. The average molecular weight is 417 g/mol. The predicted molar refractivity (Wildman–Crippen MR) is 105 cm³/mol. The van der Waals surface area contributed by atoms with E-state index in [1.807, 2.05) is 54.7 Å². The van der Waals surface area contributed by atoms with Crippen molar-refractivity contribution >= 4 is 18.1 Å². The molecule has 0 amide bonds. The van der Waals surface area contributed by atoms with Crippen LogP contribution in [0.5, 0.6) is 5.75 Å². The van der Waals surface area contributed by atoms with Crippen molar-refractivity contribution in [3.8, 4) is 5.75 Å². The predicted octanol–water partition coefficient (Wildman–Crippen LogP) is 4.30. The van der Waals surface area contributed by atoms with E-state index in [0.29, 0.717) is 6.61 Å². The number of aliphatic carboxylic acids is 1. The van der Waals surface area contributed by atoms with Crippen LogP contribution in [-0.4, -0.2) is 38.8 Å². The topological polar surface area (TPSA) is 85.2 Å². The number of carboxylic acid groups (broad SMARTS) is 1. The zero-order valence-electron chi connectivity index (χ0n) is 15.7. The Morgan fingerprint density at radius 3 is 2.33 bits per heavy atom. The van der Waals surface area contributed by atoms with E-state index in [4.69, 9.17) is 14.6 Å². The van der Waals surface area contributed by atoms with E-state index in [-0.39, 0.29) is 0 Å². The van der Waals surface area contributed by atoms with Crippen LogP contribution in [0.1, 0.15) is 16.8 Å². The number of carbonyl (C=O) groups is 1. The van der Waals surface area contributed by atoms with Crippen molar-refractivity contribution in [3.05, 3.63) is 84.2 Å². The summed E-state index contributed by atoms with van der Waals surface area (Å²) in [6.07, 6.45) is 8.60. The lowest BCUT2D eigenvalue weighted by molar-refractivity contribution is -0.192. The van der Waals surface area contributed by atoms with Crippen LogP contribution in [0.2, 0.25) is 0 Å². The maximum atomic E-state index is 10.6. The van der Waals surface area contributed by atoms with Crippen LogP contribution in [0.4, 0.5) is 13.2 Å². The van der Waals surface area contributed by atoms with Crippen molar-refractivity contribution in [2.45, 2.75) is 12.6 Å². The summed E-state index contributed by atoms with van der Waals surface area (Å²) in [5, 5.41) is 7.12. The first-order valence-corrected chi connectivity index (χ1v) is 8.70. The van der Waals surface area contributed by atoms with Crippen LogP contribution < -0.4 is 4.74 Å². The van der Waals surface area contributed by atoms with Gasteiger partial charge in [0.05, 0.1) is 12.8 Å². The van der Waals surface area contributed by atoms with Gasteiger partial charge in [-0.05, 0) is 41.5 Å². The number of hydrogen-bond acceptors (Lipinski definition) is 5. The summed E-state index contributed by atoms with van der Waals surface area (Å²) in [5.41, 5.74) is 3.12. The number of pyridine rings is 3. The number of aromatic nitrogens is 3. The minimum absolute atomic E-state index is 0.580. The molecule has 0 aromatic carbocycles. The van der Waals surface area contributed by atoms with Gasteiger partial charge in [0.2, 0.25) is 0 Å². The first kappa shape index (κ1) is 22.5. The number of ether oxygens (including phenoxy) is 1. The second-order valence-electron chi connectivity index (χ2n) is 5.79. The number of alkyl halides is 3. The zero-order valence-corrected chi connectivity index (χ0v) is 15.7. The smallest absolute Gasteiger partial charge is 0.490 e. The molecule has 0 aliphatic rings. The highest BCUT2D eigenvalue weighted by atomic mass is 19.4. The number of hydrogen-bond donors (Lipinski definition) is 1. The van der Waals surface area contributed by atoms with E-state index in [0.717, 1.165) is 29.0 Å². The zero-order chi connectivity index (χ0) is 21.8. The molecule has 3 aromatic rings. The summed E-state index contributed by atoms with van der Waals surface area (Å²) in [6.45, 7) is 0.580. The Labute approximate surface area is 170 Å². The molecule has 9 heteroatoms. The lowest BCUT2D eigenvalue weighted by Gasteiger charge is -2.06. The van der Waals surface area contributed by atoms with E-state index in [1.54, 1.807) is 24.8 Å². The van der Waals surface area contributed by atoms with Gasteiger partial charge < -0.3 is 9.84 Å². The Kier molecular flexibility index (Phi) is 8.49. The van der Waals surface area contributed by atoms with Crippen molar-refractivity contribution in [1.82, 2.24) is 15.0 Å². The number of rotatable bonds is 6. The summed E-state index contributed by atoms with van der Waals surface area (Å²) in [7, 11) is 0. The van der Waals surface area contributed by atoms with Crippen LogP contribution in [0.3, 0.4) is 0 Å². The summed E-state index contributed by atoms with van der Waals surface area (Å²) in [6, 6.07) is 11.8. The van der Waals surface area contributed by atoms with Crippen molar-refractivity contribution in [2.75, 3.05) is 6.61 Å². The Morgan fingerprint density at radius 1 is 1.00 bits per heavy atom. The van der Waals surface area contributed by atoms with Crippen molar-refractivity contribution in [3.63, 3.8) is 0 Å². The van der Waals surface area contributed by atoms with Gasteiger partial charge in [0.15, 0.2) is 0 Å². The molecule has 0 spiro atoms. The highest BCUT2D eigenvalue weighted by Gasteiger charge is 2.38. The Morgan fingerprint density at radius 2 is 1.70 bits per heavy atom. The fourth-order valence-corrected chi connectivity index (χ4v) is 2.09. The molecule has 0 atom stereocenters. The monoisotopic (exact) mass is 417 g/mol. The van der Waals surface area contributed by atoms with Crippen LogP contribution in [0.15, 0.2) is 67.4 Å². The third-order valence-electron chi connectivity index (χ3n) is 3.50. The summed E-state index contributed by atoms with van der Waals surface area (Å²) in [5.74, 6) is -2.00. The van der Waals surface area contributed by atoms with Crippen LogP contribution in [-0.2, 0) is 11.2 Å². The number of nitrogens with zero attached hydrogens (tertiary/aromatic N) is 3. The third kappa shape index (κ3) is 8.51. The Bertz CT molecular complexity index is 950. The van der Waals surface area contributed by atoms with Gasteiger partial charge >= 0.3 is 12.1 Å². The molecule has 0 aliphatic heterocycles. The Hall–Kier alpha value is -3.75. The molecule has 3 rings (SSSR count). The van der Waals surface area contributed by atoms with Gasteiger partial charge in [0.1, 0.15) is 5.75 Å². The molecule has 30 heavy (non-hydrogen) atoms. The molecule has 0 fully saturated rings.